The molecule has 0 aliphatic carbocycles. The predicted molar refractivity (Wildman–Crippen MR) is 89.6 cm³/mol. The second kappa shape index (κ2) is 7.44. The van der Waals surface area contributed by atoms with Crippen LogP contribution in [-0.4, -0.2) is 18.5 Å². The van der Waals surface area contributed by atoms with E-state index < -0.39 is 5.41 Å². The molecule has 0 fully saturated rings. The van der Waals surface area contributed by atoms with Crippen molar-refractivity contribution in [3.63, 3.8) is 0 Å². The minimum Gasteiger partial charge on any atom is -0.463 e. The van der Waals surface area contributed by atoms with E-state index in [9.17, 15) is 9.59 Å². The van der Waals surface area contributed by atoms with Crippen LogP contribution in [0.4, 0.5) is 0 Å². The number of cyclic esters (lactones) is 1. The highest BCUT2D eigenvalue weighted by atomic mass is 16.5. The zero-order valence-electron chi connectivity index (χ0n) is 14.0. The van der Waals surface area contributed by atoms with Gasteiger partial charge in [0.2, 0.25) is 5.91 Å². The van der Waals surface area contributed by atoms with E-state index in [2.05, 4.69) is 5.32 Å². The molecule has 1 heterocycles. The molecule has 1 unspecified atom stereocenters. The summed E-state index contributed by atoms with van der Waals surface area (Å²) in [4.78, 5) is 24.6. The van der Waals surface area contributed by atoms with Gasteiger partial charge in [0, 0.05) is 5.41 Å². The van der Waals surface area contributed by atoms with Gasteiger partial charge in [0.25, 0.3) is 0 Å². The van der Waals surface area contributed by atoms with Crippen molar-refractivity contribution in [2.45, 2.75) is 39.7 Å². The molecule has 124 valence electrons. The number of benzene rings is 1. The standard InChI is InChI=1S/C19H25NO3/c1-14-9-7-8-12-19(2,3)18(22)20-16(13-23-17(14)21)15-10-5-4-6-11-15/h4-8,10-11,14,16H,9,12-13H2,1-3H3,(H,20,22)/b8-7+/t14-,16?/m1/s1. The molecule has 1 aliphatic rings. The van der Waals surface area contributed by atoms with E-state index in [4.69, 9.17) is 4.74 Å². The summed E-state index contributed by atoms with van der Waals surface area (Å²) in [6.07, 6.45) is 5.20. The Labute approximate surface area is 137 Å². The Hall–Kier alpha value is -2.10. The first-order chi connectivity index (χ1) is 10.9. The van der Waals surface area contributed by atoms with Gasteiger partial charge in [-0.25, -0.2) is 0 Å². The molecule has 2 atom stereocenters. The van der Waals surface area contributed by atoms with E-state index in [1.165, 1.54) is 0 Å². The lowest BCUT2D eigenvalue weighted by atomic mass is 9.87. The summed E-state index contributed by atoms with van der Waals surface area (Å²) < 4.78 is 5.42. The van der Waals surface area contributed by atoms with Crippen molar-refractivity contribution in [3.05, 3.63) is 48.0 Å². The molecular formula is C19H25NO3. The maximum Gasteiger partial charge on any atom is 0.309 e. The van der Waals surface area contributed by atoms with Gasteiger partial charge in [0.15, 0.2) is 0 Å². The van der Waals surface area contributed by atoms with Gasteiger partial charge in [0.1, 0.15) is 6.61 Å². The van der Waals surface area contributed by atoms with Crippen molar-refractivity contribution >= 4 is 11.9 Å². The SMILES string of the molecule is C[C@@H]1C/C=C/CC(C)(C)C(=O)NC(c2ccccc2)COC1=O. The molecule has 23 heavy (non-hydrogen) atoms. The van der Waals surface area contributed by atoms with Gasteiger partial charge in [-0.05, 0) is 18.4 Å². The molecule has 4 nitrogen and oxygen atoms in total. The highest BCUT2D eigenvalue weighted by Gasteiger charge is 2.29. The lowest BCUT2D eigenvalue weighted by molar-refractivity contribution is -0.149. The number of ether oxygens (including phenoxy) is 1. The van der Waals surface area contributed by atoms with Crippen molar-refractivity contribution in [2.75, 3.05) is 6.61 Å². The van der Waals surface area contributed by atoms with E-state index in [1.807, 2.05) is 63.3 Å². The summed E-state index contributed by atoms with van der Waals surface area (Å²) in [5.74, 6) is -0.453. The maximum atomic E-state index is 12.6. The maximum absolute atomic E-state index is 12.6. The lowest BCUT2D eigenvalue weighted by Gasteiger charge is -2.27. The Balaban J connectivity index is 2.26. The minimum atomic E-state index is -0.504. The van der Waals surface area contributed by atoms with Crippen LogP contribution in [0.5, 0.6) is 0 Å². The molecular weight excluding hydrogens is 290 g/mol. The molecule has 0 radical (unpaired) electrons. The summed E-state index contributed by atoms with van der Waals surface area (Å²) in [7, 11) is 0. The van der Waals surface area contributed by atoms with Crippen molar-refractivity contribution in [3.8, 4) is 0 Å². The third-order valence-electron chi connectivity index (χ3n) is 4.20. The molecule has 1 N–H and O–H groups in total. The Morgan fingerprint density at radius 3 is 2.52 bits per heavy atom. The Morgan fingerprint density at radius 1 is 1.13 bits per heavy atom. The fourth-order valence-corrected chi connectivity index (χ4v) is 2.44. The third kappa shape index (κ3) is 4.68. The molecule has 4 heteroatoms. The normalized spacial score (nSPS) is 27.1. The van der Waals surface area contributed by atoms with Gasteiger partial charge < -0.3 is 10.1 Å². The monoisotopic (exact) mass is 315 g/mol. The smallest absolute Gasteiger partial charge is 0.309 e. The summed E-state index contributed by atoms with van der Waals surface area (Å²) in [5.41, 5.74) is 0.431. The highest BCUT2D eigenvalue weighted by molar-refractivity contribution is 5.82. The molecule has 0 saturated heterocycles. The molecule has 1 aromatic carbocycles. The number of hydrogen-bond donors (Lipinski definition) is 1. The molecule has 0 spiro atoms. The van der Waals surface area contributed by atoms with Crippen LogP contribution in [0.15, 0.2) is 42.5 Å². The number of nitrogens with one attached hydrogen (secondary N) is 1. The number of carbonyl (C=O) groups is 2. The summed E-state index contributed by atoms with van der Waals surface area (Å²) >= 11 is 0. The highest BCUT2D eigenvalue weighted by Crippen LogP contribution is 2.25. The predicted octanol–water partition coefficient (Wildman–Crippen LogP) is 3.40. The van der Waals surface area contributed by atoms with Crippen LogP contribution in [0.25, 0.3) is 0 Å². The molecule has 0 bridgehead atoms. The Morgan fingerprint density at radius 2 is 1.83 bits per heavy atom. The second-order valence-corrected chi connectivity index (χ2v) is 6.76. The molecule has 1 aromatic rings. The van der Waals surface area contributed by atoms with Crippen molar-refractivity contribution in [2.24, 2.45) is 11.3 Å². The first kappa shape index (κ1) is 17.3. The van der Waals surface area contributed by atoms with Crippen molar-refractivity contribution < 1.29 is 14.3 Å². The van der Waals surface area contributed by atoms with Gasteiger partial charge >= 0.3 is 5.97 Å². The fraction of sp³-hybridized carbons (Fsp3) is 0.474. The van der Waals surface area contributed by atoms with E-state index in [-0.39, 0.29) is 30.4 Å². The van der Waals surface area contributed by atoms with Crippen LogP contribution >= 0.6 is 0 Å². The fourth-order valence-electron chi connectivity index (χ4n) is 2.44. The van der Waals surface area contributed by atoms with Crippen LogP contribution in [0, 0.1) is 11.3 Å². The minimum absolute atomic E-state index is 0.0410. The first-order valence-corrected chi connectivity index (χ1v) is 8.07. The second-order valence-electron chi connectivity index (χ2n) is 6.76. The van der Waals surface area contributed by atoms with Gasteiger partial charge in [-0.1, -0.05) is 63.3 Å². The molecule has 2 rings (SSSR count). The topological polar surface area (TPSA) is 55.4 Å². The summed E-state index contributed by atoms with van der Waals surface area (Å²) in [5, 5.41) is 3.03. The van der Waals surface area contributed by atoms with Crippen molar-refractivity contribution in [1.82, 2.24) is 5.32 Å². The van der Waals surface area contributed by atoms with Gasteiger partial charge in [-0.3, -0.25) is 9.59 Å². The molecule has 0 aromatic heterocycles. The van der Waals surface area contributed by atoms with Crippen molar-refractivity contribution in [1.29, 1.82) is 0 Å². The van der Waals surface area contributed by atoms with Gasteiger partial charge in [-0.15, -0.1) is 0 Å². The number of carbonyl (C=O) groups excluding carboxylic acids is 2. The van der Waals surface area contributed by atoms with Gasteiger partial charge in [-0.2, -0.15) is 0 Å². The zero-order valence-corrected chi connectivity index (χ0v) is 14.0. The van der Waals surface area contributed by atoms with Gasteiger partial charge in [0.05, 0.1) is 12.0 Å². The molecule has 0 saturated carbocycles. The van der Waals surface area contributed by atoms with E-state index in [0.29, 0.717) is 12.8 Å². The number of allylic oxidation sites excluding steroid dienone is 2. The van der Waals surface area contributed by atoms with Crippen LogP contribution in [0.2, 0.25) is 0 Å². The van der Waals surface area contributed by atoms with E-state index >= 15 is 0 Å². The van der Waals surface area contributed by atoms with E-state index in [1.54, 1.807) is 0 Å². The Bertz CT molecular complexity index is 578. The van der Waals surface area contributed by atoms with Crippen LogP contribution in [-0.2, 0) is 14.3 Å². The van der Waals surface area contributed by atoms with Crippen LogP contribution < -0.4 is 5.32 Å². The van der Waals surface area contributed by atoms with Crippen LogP contribution in [0.1, 0.15) is 45.2 Å². The number of hydrogen-bond acceptors (Lipinski definition) is 3. The molecule has 1 aliphatic heterocycles. The average Bonchev–Trinajstić information content (AvgIpc) is 2.54. The summed E-state index contributed by atoms with van der Waals surface area (Å²) in [6.45, 7) is 5.87. The lowest BCUT2D eigenvalue weighted by Crippen LogP contribution is -2.41. The Kier molecular flexibility index (Phi) is 5.59. The zero-order chi connectivity index (χ0) is 16.9. The van der Waals surface area contributed by atoms with E-state index in [0.717, 1.165) is 5.56 Å². The van der Waals surface area contributed by atoms with Crippen LogP contribution in [0.3, 0.4) is 0 Å². The first-order valence-electron chi connectivity index (χ1n) is 8.07. The quantitative estimate of drug-likeness (QED) is 0.638. The number of esters is 1. The largest absolute Gasteiger partial charge is 0.463 e. The summed E-state index contributed by atoms with van der Waals surface area (Å²) in [6, 6.07) is 9.28. The third-order valence-corrected chi connectivity index (χ3v) is 4.20. The number of rotatable bonds is 1. The molecule has 1 amide bonds. The number of amides is 1. The average molecular weight is 315 g/mol.